The molecule has 6 heteroatoms. The fraction of sp³-hybridized carbons (Fsp3) is 0.240. The van der Waals surface area contributed by atoms with Gasteiger partial charge in [-0.3, -0.25) is 9.52 Å². The lowest BCUT2D eigenvalue weighted by atomic mass is 9.91. The Morgan fingerprint density at radius 3 is 2.23 bits per heavy atom. The van der Waals surface area contributed by atoms with Gasteiger partial charge in [-0.25, -0.2) is 8.42 Å². The number of carbonyl (C=O) groups excluding carboxylic acids is 1. The van der Waals surface area contributed by atoms with Gasteiger partial charge in [-0.15, -0.1) is 0 Å². The van der Waals surface area contributed by atoms with E-state index in [0.717, 1.165) is 11.1 Å². The number of carbonyl (C=O) groups is 1. The van der Waals surface area contributed by atoms with Crippen molar-refractivity contribution < 1.29 is 13.2 Å². The van der Waals surface area contributed by atoms with Crippen LogP contribution in [0.25, 0.3) is 0 Å². The Bertz CT molecular complexity index is 1170. The first-order chi connectivity index (χ1) is 14.7. The van der Waals surface area contributed by atoms with Gasteiger partial charge >= 0.3 is 0 Å². The number of benzene rings is 3. The minimum Gasteiger partial charge on any atom is -0.345 e. The maximum absolute atomic E-state index is 13.0. The highest BCUT2D eigenvalue weighted by Crippen LogP contribution is 2.26. The Balaban J connectivity index is 1.85. The van der Waals surface area contributed by atoms with Crippen LogP contribution in [0.4, 0.5) is 5.69 Å². The Morgan fingerprint density at radius 2 is 1.58 bits per heavy atom. The number of anilines is 1. The van der Waals surface area contributed by atoms with Gasteiger partial charge in [-0.1, -0.05) is 61.9 Å². The molecule has 0 aliphatic heterocycles. The van der Waals surface area contributed by atoms with Crippen LogP contribution in [0.3, 0.4) is 0 Å². The highest BCUT2D eigenvalue weighted by Gasteiger charge is 2.22. The number of hydrogen-bond acceptors (Lipinski definition) is 3. The lowest BCUT2D eigenvalue weighted by Gasteiger charge is -2.25. The third-order valence-electron chi connectivity index (χ3n) is 5.15. The predicted octanol–water partition coefficient (Wildman–Crippen LogP) is 5.23. The van der Waals surface area contributed by atoms with Gasteiger partial charge in [0.05, 0.1) is 10.9 Å². The summed E-state index contributed by atoms with van der Waals surface area (Å²) in [5.74, 6) is -0.146. The molecule has 0 fully saturated rings. The van der Waals surface area contributed by atoms with Crippen LogP contribution in [0.15, 0.2) is 77.7 Å². The van der Waals surface area contributed by atoms with Crippen molar-refractivity contribution in [2.24, 2.45) is 5.92 Å². The first kappa shape index (κ1) is 22.6. The van der Waals surface area contributed by atoms with E-state index in [1.807, 2.05) is 32.0 Å². The van der Waals surface area contributed by atoms with Gasteiger partial charge < -0.3 is 5.32 Å². The van der Waals surface area contributed by atoms with E-state index >= 15 is 0 Å². The van der Waals surface area contributed by atoms with E-state index in [0.29, 0.717) is 11.3 Å². The van der Waals surface area contributed by atoms with E-state index < -0.39 is 10.0 Å². The summed E-state index contributed by atoms with van der Waals surface area (Å²) in [4.78, 5) is 13.1. The first-order valence-corrected chi connectivity index (χ1v) is 11.7. The summed E-state index contributed by atoms with van der Waals surface area (Å²) in [5, 5.41) is 3.08. The van der Waals surface area contributed by atoms with Gasteiger partial charge in [0, 0.05) is 11.3 Å². The lowest BCUT2D eigenvalue weighted by molar-refractivity contribution is 0.0925. The number of sulfonamides is 1. The van der Waals surface area contributed by atoms with Crippen LogP contribution in [0.5, 0.6) is 0 Å². The minimum absolute atomic E-state index is 0.0385. The molecule has 1 atom stereocenters. The monoisotopic (exact) mass is 436 g/mol. The van der Waals surface area contributed by atoms with E-state index in [1.165, 1.54) is 17.7 Å². The molecule has 0 saturated carbocycles. The molecule has 0 aromatic heterocycles. The molecule has 31 heavy (non-hydrogen) atoms. The zero-order chi connectivity index (χ0) is 22.6. The summed E-state index contributed by atoms with van der Waals surface area (Å²) < 4.78 is 28.1. The van der Waals surface area contributed by atoms with Gasteiger partial charge in [-0.05, 0) is 61.2 Å². The summed E-state index contributed by atoms with van der Waals surface area (Å²) in [5.41, 5.74) is 4.10. The standard InChI is InChI=1S/C25H28N2O3S/c1-17(2)24(23-14-13-18(3)15-19(23)4)26-25(28)20-9-8-12-22(16-20)31(29,30)27-21-10-6-5-7-11-21/h5-17,24,27H,1-4H3,(H,26,28)/t24-/m0/s1. The van der Waals surface area contributed by atoms with Crippen molar-refractivity contribution in [2.45, 2.75) is 38.6 Å². The topological polar surface area (TPSA) is 75.3 Å². The van der Waals surface area contributed by atoms with Crippen molar-refractivity contribution in [3.8, 4) is 0 Å². The third kappa shape index (κ3) is 5.52. The number of para-hydroxylation sites is 1. The molecule has 0 aliphatic carbocycles. The molecule has 5 nitrogen and oxygen atoms in total. The van der Waals surface area contributed by atoms with Gasteiger partial charge in [0.15, 0.2) is 0 Å². The predicted molar refractivity (Wildman–Crippen MR) is 125 cm³/mol. The smallest absolute Gasteiger partial charge is 0.261 e. The molecule has 0 spiro atoms. The van der Waals surface area contributed by atoms with Crippen molar-refractivity contribution in [3.05, 3.63) is 95.1 Å². The summed E-state index contributed by atoms with van der Waals surface area (Å²) >= 11 is 0. The number of rotatable bonds is 7. The van der Waals surface area contributed by atoms with Crippen LogP contribution in [0, 0.1) is 19.8 Å². The maximum atomic E-state index is 13.0. The average Bonchev–Trinajstić information content (AvgIpc) is 2.73. The summed E-state index contributed by atoms with van der Waals surface area (Å²) in [7, 11) is -3.81. The Morgan fingerprint density at radius 1 is 0.871 bits per heavy atom. The molecule has 3 aromatic carbocycles. The van der Waals surface area contributed by atoms with Crippen molar-refractivity contribution in [1.29, 1.82) is 0 Å². The molecular weight excluding hydrogens is 408 g/mol. The number of nitrogens with one attached hydrogen (secondary N) is 2. The van der Waals surface area contributed by atoms with Crippen LogP contribution in [-0.4, -0.2) is 14.3 Å². The second kappa shape index (κ2) is 9.35. The Kier molecular flexibility index (Phi) is 6.81. The van der Waals surface area contributed by atoms with Gasteiger partial charge in [0.25, 0.3) is 15.9 Å². The van der Waals surface area contributed by atoms with Crippen molar-refractivity contribution in [2.75, 3.05) is 4.72 Å². The van der Waals surface area contributed by atoms with Gasteiger partial charge in [0.1, 0.15) is 0 Å². The molecular formula is C25H28N2O3S. The highest BCUT2D eigenvalue weighted by atomic mass is 32.2. The maximum Gasteiger partial charge on any atom is 0.261 e. The van der Waals surface area contributed by atoms with E-state index in [1.54, 1.807) is 36.4 Å². The molecule has 0 aliphatic rings. The SMILES string of the molecule is Cc1ccc([C@@H](NC(=O)c2cccc(S(=O)(=O)Nc3ccccc3)c2)C(C)C)c(C)c1. The largest absolute Gasteiger partial charge is 0.345 e. The zero-order valence-electron chi connectivity index (χ0n) is 18.2. The lowest BCUT2D eigenvalue weighted by Crippen LogP contribution is -2.32. The molecule has 1 amide bonds. The Labute approximate surface area is 184 Å². The first-order valence-electron chi connectivity index (χ1n) is 10.2. The summed E-state index contributed by atoms with van der Waals surface area (Å²) in [6.45, 7) is 8.17. The normalized spacial score (nSPS) is 12.4. The van der Waals surface area contributed by atoms with Crippen LogP contribution in [-0.2, 0) is 10.0 Å². The quantitative estimate of drug-likeness (QED) is 0.532. The minimum atomic E-state index is -3.81. The van der Waals surface area contributed by atoms with Crippen LogP contribution < -0.4 is 10.0 Å². The van der Waals surface area contributed by atoms with Crippen molar-refractivity contribution in [1.82, 2.24) is 5.32 Å². The van der Waals surface area contributed by atoms with E-state index in [4.69, 9.17) is 0 Å². The number of amides is 1. The Hall–Kier alpha value is -3.12. The molecule has 0 unspecified atom stereocenters. The molecule has 162 valence electrons. The fourth-order valence-electron chi connectivity index (χ4n) is 3.53. The molecule has 0 heterocycles. The second-order valence-electron chi connectivity index (χ2n) is 8.05. The van der Waals surface area contributed by atoms with Crippen LogP contribution in [0.2, 0.25) is 0 Å². The molecule has 0 bridgehead atoms. The highest BCUT2D eigenvalue weighted by molar-refractivity contribution is 7.92. The van der Waals surface area contributed by atoms with Gasteiger partial charge in [-0.2, -0.15) is 0 Å². The summed E-state index contributed by atoms with van der Waals surface area (Å²) in [6, 6.07) is 20.7. The third-order valence-corrected chi connectivity index (χ3v) is 6.53. The fourth-order valence-corrected chi connectivity index (χ4v) is 4.63. The zero-order valence-corrected chi connectivity index (χ0v) is 19.0. The second-order valence-corrected chi connectivity index (χ2v) is 9.74. The number of hydrogen-bond donors (Lipinski definition) is 2. The van der Waals surface area contributed by atoms with E-state index in [-0.39, 0.29) is 22.8 Å². The van der Waals surface area contributed by atoms with Gasteiger partial charge in [0.2, 0.25) is 0 Å². The molecule has 2 N–H and O–H groups in total. The van der Waals surface area contributed by atoms with Crippen LogP contribution >= 0.6 is 0 Å². The van der Waals surface area contributed by atoms with Crippen LogP contribution in [0.1, 0.15) is 46.9 Å². The summed E-state index contributed by atoms with van der Waals surface area (Å²) in [6.07, 6.45) is 0. The van der Waals surface area contributed by atoms with Crippen molar-refractivity contribution >= 4 is 21.6 Å². The van der Waals surface area contributed by atoms with E-state index in [9.17, 15) is 13.2 Å². The molecule has 3 aromatic rings. The van der Waals surface area contributed by atoms with E-state index in [2.05, 4.69) is 30.0 Å². The average molecular weight is 437 g/mol. The molecule has 0 saturated heterocycles. The molecule has 3 rings (SSSR count). The molecule has 0 radical (unpaired) electrons. The number of aryl methyl sites for hydroxylation is 2. The van der Waals surface area contributed by atoms with Crippen molar-refractivity contribution in [3.63, 3.8) is 0 Å².